The summed E-state index contributed by atoms with van der Waals surface area (Å²) in [6.07, 6.45) is 3.19. The van der Waals surface area contributed by atoms with Crippen molar-refractivity contribution >= 4 is 11.9 Å². The summed E-state index contributed by atoms with van der Waals surface area (Å²) in [5.41, 5.74) is 5.79. The molecule has 0 bridgehead atoms. The van der Waals surface area contributed by atoms with Crippen LogP contribution in [0.15, 0.2) is 0 Å². The molecule has 1 amide bonds. The summed E-state index contributed by atoms with van der Waals surface area (Å²) < 4.78 is 0. The van der Waals surface area contributed by atoms with Crippen LogP contribution in [0.5, 0.6) is 0 Å². The Morgan fingerprint density at radius 3 is 2.35 bits per heavy atom. The van der Waals surface area contributed by atoms with Crippen molar-refractivity contribution < 1.29 is 14.7 Å². The zero-order chi connectivity index (χ0) is 13.4. The molecule has 2 atom stereocenters. The summed E-state index contributed by atoms with van der Waals surface area (Å²) in [6, 6.07) is -0.672. The van der Waals surface area contributed by atoms with Gasteiger partial charge < -0.3 is 15.7 Å². The molecule has 0 spiro atoms. The van der Waals surface area contributed by atoms with Crippen LogP contribution in [0.1, 0.15) is 46.5 Å². The van der Waals surface area contributed by atoms with Crippen LogP contribution in [0, 0.1) is 0 Å². The first kappa shape index (κ1) is 15.9. The van der Waals surface area contributed by atoms with Crippen LogP contribution in [0.2, 0.25) is 0 Å². The van der Waals surface area contributed by atoms with Crippen LogP contribution in [0.25, 0.3) is 0 Å². The van der Waals surface area contributed by atoms with Gasteiger partial charge in [0.2, 0.25) is 5.91 Å². The van der Waals surface area contributed by atoms with Crippen LogP contribution in [-0.2, 0) is 9.59 Å². The Morgan fingerprint density at radius 2 is 1.94 bits per heavy atom. The largest absolute Gasteiger partial charge is 0.480 e. The zero-order valence-corrected chi connectivity index (χ0v) is 11.0. The van der Waals surface area contributed by atoms with Crippen molar-refractivity contribution in [2.75, 3.05) is 6.54 Å². The fraction of sp³-hybridized carbons (Fsp3) is 0.833. The van der Waals surface area contributed by atoms with Gasteiger partial charge in [-0.1, -0.05) is 26.7 Å². The van der Waals surface area contributed by atoms with Gasteiger partial charge in [-0.25, -0.2) is 0 Å². The predicted octanol–water partition coefficient (Wildman–Crippen LogP) is 1.22. The van der Waals surface area contributed by atoms with Crippen molar-refractivity contribution in [1.82, 2.24) is 4.90 Å². The summed E-state index contributed by atoms with van der Waals surface area (Å²) in [5, 5.41) is 8.80. The van der Waals surface area contributed by atoms with Gasteiger partial charge in [-0.3, -0.25) is 9.59 Å². The predicted molar refractivity (Wildman–Crippen MR) is 66.6 cm³/mol. The van der Waals surface area contributed by atoms with Gasteiger partial charge >= 0.3 is 5.97 Å². The number of hydrogen-bond acceptors (Lipinski definition) is 3. The van der Waals surface area contributed by atoms with Gasteiger partial charge in [0.25, 0.3) is 0 Å². The van der Waals surface area contributed by atoms with Crippen LogP contribution in [-0.4, -0.2) is 40.5 Å². The van der Waals surface area contributed by atoms with E-state index in [-0.39, 0.29) is 18.5 Å². The van der Waals surface area contributed by atoms with Gasteiger partial charge in [0.15, 0.2) is 0 Å². The third kappa shape index (κ3) is 5.68. The molecular weight excluding hydrogens is 220 g/mol. The number of aliphatic carboxylic acids is 1. The molecule has 0 aromatic rings. The van der Waals surface area contributed by atoms with Gasteiger partial charge in [0.05, 0.1) is 6.04 Å². The standard InChI is InChI=1S/C12H24N2O3/c1-4-6-7-10(13)12(17)14(8-11(15)16)9(3)5-2/h9-10H,4-8,13H2,1-3H3,(H,15,16). The van der Waals surface area contributed by atoms with Crippen LogP contribution < -0.4 is 5.73 Å². The molecule has 100 valence electrons. The number of unbranched alkanes of at least 4 members (excludes halogenated alkanes) is 1. The highest BCUT2D eigenvalue weighted by atomic mass is 16.4. The molecule has 0 heterocycles. The van der Waals surface area contributed by atoms with Crippen molar-refractivity contribution in [3.63, 3.8) is 0 Å². The zero-order valence-electron chi connectivity index (χ0n) is 11.0. The second kappa shape index (κ2) is 8.06. The van der Waals surface area contributed by atoms with Crippen LogP contribution in [0.4, 0.5) is 0 Å². The maximum Gasteiger partial charge on any atom is 0.323 e. The molecule has 0 rings (SSSR count). The number of amides is 1. The molecule has 0 fully saturated rings. The SMILES string of the molecule is CCCCC(N)C(=O)N(CC(=O)O)C(C)CC. The third-order valence-electron chi connectivity index (χ3n) is 2.90. The number of carboxylic acid groups (broad SMARTS) is 1. The normalized spacial score (nSPS) is 14.1. The van der Waals surface area contributed by atoms with Crippen molar-refractivity contribution in [2.45, 2.75) is 58.5 Å². The first-order valence-corrected chi connectivity index (χ1v) is 6.21. The Hall–Kier alpha value is -1.10. The molecular formula is C12H24N2O3. The molecule has 0 aliphatic heterocycles. The van der Waals surface area contributed by atoms with Gasteiger partial charge in [-0.15, -0.1) is 0 Å². The van der Waals surface area contributed by atoms with Gasteiger partial charge in [0, 0.05) is 6.04 Å². The number of nitrogens with zero attached hydrogens (tertiary/aromatic N) is 1. The van der Waals surface area contributed by atoms with E-state index >= 15 is 0 Å². The van der Waals surface area contributed by atoms with E-state index < -0.39 is 12.0 Å². The lowest BCUT2D eigenvalue weighted by Gasteiger charge is -2.29. The van der Waals surface area contributed by atoms with Crippen molar-refractivity contribution in [3.05, 3.63) is 0 Å². The van der Waals surface area contributed by atoms with E-state index in [1.165, 1.54) is 4.90 Å². The van der Waals surface area contributed by atoms with Gasteiger partial charge in [-0.05, 0) is 19.8 Å². The Bertz CT molecular complexity index is 256. The molecule has 5 heteroatoms. The molecule has 0 saturated heterocycles. The van der Waals surface area contributed by atoms with E-state index in [1.54, 1.807) is 0 Å². The third-order valence-corrected chi connectivity index (χ3v) is 2.90. The monoisotopic (exact) mass is 244 g/mol. The average molecular weight is 244 g/mol. The number of nitrogens with two attached hydrogens (primary N) is 1. The minimum Gasteiger partial charge on any atom is -0.480 e. The Kier molecular flexibility index (Phi) is 7.54. The smallest absolute Gasteiger partial charge is 0.323 e. The molecule has 0 aliphatic carbocycles. The summed E-state index contributed by atoms with van der Waals surface area (Å²) in [5.74, 6) is -1.25. The second-order valence-electron chi connectivity index (χ2n) is 4.37. The van der Waals surface area contributed by atoms with Crippen molar-refractivity contribution in [2.24, 2.45) is 5.73 Å². The number of hydrogen-bond donors (Lipinski definition) is 2. The summed E-state index contributed by atoms with van der Waals surface area (Å²) in [4.78, 5) is 24.1. The Morgan fingerprint density at radius 1 is 1.35 bits per heavy atom. The highest BCUT2D eigenvalue weighted by Gasteiger charge is 2.25. The molecule has 0 saturated carbocycles. The Balaban J connectivity index is 4.56. The minimum absolute atomic E-state index is 0.0914. The van der Waals surface area contributed by atoms with E-state index in [1.807, 2.05) is 20.8 Å². The summed E-state index contributed by atoms with van der Waals surface area (Å²) in [7, 11) is 0. The molecule has 17 heavy (non-hydrogen) atoms. The van der Waals surface area contributed by atoms with Crippen molar-refractivity contribution in [1.29, 1.82) is 0 Å². The van der Waals surface area contributed by atoms with Gasteiger partial charge in [0.1, 0.15) is 6.54 Å². The number of rotatable bonds is 8. The molecule has 0 aromatic carbocycles. The first-order chi connectivity index (χ1) is 7.93. The molecule has 0 radical (unpaired) electrons. The molecule has 5 nitrogen and oxygen atoms in total. The number of carbonyl (C=O) groups excluding carboxylic acids is 1. The number of carboxylic acids is 1. The minimum atomic E-state index is -0.999. The lowest BCUT2D eigenvalue weighted by molar-refractivity contribution is -0.146. The maximum absolute atomic E-state index is 12.0. The van der Waals surface area contributed by atoms with Crippen LogP contribution in [0.3, 0.4) is 0 Å². The molecule has 2 unspecified atom stereocenters. The highest BCUT2D eigenvalue weighted by molar-refractivity contribution is 5.85. The van der Waals surface area contributed by atoms with E-state index in [2.05, 4.69) is 0 Å². The highest BCUT2D eigenvalue weighted by Crippen LogP contribution is 2.08. The fourth-order valence-corrected chi connectivity index (χ4v) is 1.58. The number of carbonyl (C=O) groups is 2. The first-order valence-electron chi connectivity index (χ1n) is 6.21. The van der Waals surface area contributed by atoms with E-state index in [0.717, 1.165) is 19.3 Å². The second-order valence-corrected chi connectivity index (χ2v) is 4.37. The van der Waals surface area contributed by atoms with E-state index in [4.69, 9.17) is 10.8 Å². The average Bonchev–Trinajstić information content (AvgIpc) is 2.30. The molecule has 3 N–H and O–H groups in total. The summed E-state index contributed by atoms with van der Waals surface area (Å²) in [6.45, 7) is 5.52. The fourth-order valence-electron chi connectivity index (χ4n) is 1.58. The maximum atomic E-state index is 12.0. The Labute approximate surface area is 103 Å². The summed E-state index contributed by atoms with van der Waals surface area (Å²) >= 11 is 0. The quantitative estimate of drug-likeness (QED) is 0.672. The lowest BCUT2D eigenvalue weighted by Crippen LogP contribution is -2.49. The topological polar surface area (TPSA) is 83.6 Å². The van der Waals surface area contributed by atoms with Crippen molar-refractivity contribution in [3.8, 4) is 0 Å². The van der Waals surface area contributed by atoms with Gasteiger partial charge in [-0.2, -0.15) is 0 Å². The molecule has 0 aliphatic rings. The van der Waals surface area contributed by atoms with E-state index in [0.29, 0.717) is 6.42 Å². The lowest BCUT2D eigenvalue weighted by atomic mass is 10.1. The van der Waals surface area contributed by atoms with Crippen LogP contribution >= 0.6 is 0 Å². The van der Waals surface area contributed by atoms with E-state index in [9.17, 15) is 9.59 Å². The molecule has 0 aromatic heterocycles.